The molecule has 0 aliphatic heterocycles. The van der Waals surface area contributed by atoms with Crippen LogP contribution in [0.1, 0.15) is 25.7 Å². The molecular formula is C20H28N2O2. The molecule has 24 heavy (non-hydrogen) atoms. The van der Waals surface area contributed by atoms with E-state index in [0.29, 0.717) is 13.2 Å². The highest BCUT2D eigenvalue weighted by Crippen LogP contribution is 2.24. The van der Waals surface area contributed by atoms with Gasteiger partial charge in [0.25, 0.3) is 0 Å². The van der Waals surface area contributed by atoms with Crippen molar-refractivity contribution in [3.8, 4) is 22.6 Å². The average Bonchev–Trinajstić information content (AvgIpc) is 2.64. The Hall–Kier alpha value is -2.04. The second-order valence-electron chi connectivity index (χ2n) is 5.74. The van der Waals surface area contributed by atoms with Crippen molar-refractivity contribution in [3.63, 3.8) is 0 Å². The van der Waals surface area contributed by atoms with E-state index in [1.807, 2.05) is 24.3 Å². The summed E-state index contributed by atoms with van der Waals surface area (Å²) in [6.07, 6.45) is 3.98. The number of nitrogens with two attached hydrogens (primary N) is 2. The summed E-state index contributed by atoms with van der Waals surface area (Å²) >= 11 is 0. The van der Waals surface area contributed by atoms with Crippen LogP contribution in [0.15, 0.2) is 48.5 Å². The van der Waals surface area contributed by atoms with Crippen molar-refractivity contribution in [2.24, 2.45) is 11.5 Å². The summed E-state index contributed by atoms with van der Waals surface area (Å²) < 4.78 is 11.4. The van der Waals surface area contributed by atoms with Crippen molar-refractivity contribution >= 4 is 0 Å². The molecule has 0 saturated heterocycles. The van der Waals surface area contributed by atoms with Crippen LogP contribution in [0.3, 0.4) is 0 Å². The molecule has 0 radical (unpaired) electrons. The summed E-state index contributed by atoms with van der Waals surface area (Å²) in [7, 11) is 0. The predicted molar refractivity (Wildman–Crippen MR) is 99.4 cm³/mol. The van der Waals surface area contributed by atoms with E-state index in [-0.39, 0.29) is 0 Å². The smallest absolute Gasteiger partial charge is 0.119 e. The van der Waals surface area contributed by atoms with Crippen LogP contribution in [0.2, 0.25) is 0 Å². The molecule has 4 N–H and O–H groups in total. The van der Waals surface area contributed by atoms with Gasteiger partial charge in [-0.15, -0.1) is 0 Å². The molecule has 0 aliphatic carbocycles. The quantitative estimate of drug-likeness (QED) is 0.618. The first-order valence-corrected chi connectivity index (χ1v) is 8.69. The Balaban J connectivity index is 1.84. The Morgan fingerprint density at radius 1 is 0.542 bits per heavy atom. The van der Waals surface area contributed by atoms with E-state index in [1.54, 1.807) is 0 Å². The lowest BCUT2D eigenvalue weighted by molar-refractivity contribution is 0.307. The lowest BCUT2D eigenvalue weighted by Crippen LogP contribution is -2.03. The first kappa shape index (κ1) is 18.3. The van der Waals surface area contributed by atoms with Crippen LogP contribution in [0.4, 0.5) is 0 Å². The van der Waals surface area contributed by atoms with Crippen LogP contribution >= 0.6 is 0 Å². The van der Waals surface area contributed by atoms with Crippen LogP contribution in [-0.2, 0) is 0 Å². The third kappa shape index (κ3) is 6.22. The fourth-order valence-electron chi connectivity index (χ4n) is 2.36. The zero-order chi connectivity index (χ0) is 17.0. The maximum atomic E-state index is 5.70. The summed E-state index contributed by atoms with van der Waals surface area (Å²) in [4.78, 5) is 0. The molecule has 0 fully saturated rings. The molecular weight excluding hydrogens is 300 g/mol. The standard InChI is InChI=1S/C20H28N2O2/c21-13-1-3-15-23-19-9-5-17(6-10-19)18-7-11-20(12-8-18)24-16-4-2-14-22/h5-12H,1-4,13-16,21-22H2. The maximum Gasteiger partial charge on any atom is 0.119 e. The fraction of sp³-hybridized carbons (Fsp3) is 0.400. The molecule has 0 bridgehead atoms. The van der Waals surface area contributed by atoms with Gasteiger partial charge < -0.3 is 20.9 Å². The highest BCUT2D eigenvalue weighted by Gasteiger charge is 2.00. The van der Waals surface area contributed by atoms with Crippen LogP contribution < -0.4 is 20.9 Å². The normalized spacial score (nSPS) is 10.6. The second kappa shape index (κ2) is 10.7. The van der Waals surface area contributed by atoms with Crippen LogP contribution in [-0.4, -0.2) is 26.3 Å². The SMILES string of the molecule is NCCCCOc1ccc(-c2ccc(OCCCCN)cc2)cc1. The van der Waals surface area contributed by atoms with Crippen molar-refractivity contribution < 1.29 is 9.47 Å². The van der Waals surface area contributed by atoms with Gasteiger partial charge >= 0.3 is 0 Å². The summed E-state index contributed by atoms with van der Waals surface area (Å²) in [5, 5.41) is 0. The van der Waals surface area contributed by atoms with Gasteiger partial charge in [-0.2, -0.15) is 0 Å². The third-order valence-corrected chi connectivity index (χ3v) is 3.78. The van der Waals surface area contributed by atoms with Gasteiger partial charge in [0.15, 0.2) is 0 Å². The highest BCUT2D eigenvalue weighted by atomic mass is 16.5. The van der Waals surface area contributed by atoms with Gasteiger partial charge in [-0.1, -0.05) is 24.3 Å². The molecule has 0 spiro atoms. The van der Waals surface area contributed by atoms with Gasteiger partial charge in [0.1, 0.15) is 11.5 Å². The number of benzene rings is 2. The molecule has 0 heterocycles. The molecule has 0 aliphatic rings. The zero-order valence-corrected chi connectivity index (χ0v) is 14.2. The first-order chi connectivity index (χ1) is 11.8. The molecule has 0 aromatic heterocycles. The molecule has 2 aromatic rings. The number of rotatable bonds is 11. The lowest BCUT2D eigenvalue weighted by Gasteiger charge is -2.09. The molecule has 2 rings (SSSR count). The van der Waals surface area contributed by atoms with Crippen molar-refractivity contribution in [2.75, 3.05) is 26.3 Å². The molecule has 0 amide bonds. The van der Waals surface area contributed by atoms with Crippen LogP contribution in [0.25, 0.3) is 11.1 Å². The van der Waals surface area contributed by atoms with Gasteiger partial charge in [0.2, 0.25) is 0 Å². The van der Waals surface area contributed by atoms with E-state index in [0.717, 1.165) is 50.3 Å². The number of hydrogen-bond acceptors (Lipinski definition) is 4. The Morgan fingerprint density at radius 2 is 0.917 bits per heavy atom. The van der Waals surface area contributed by atoms with E-state index in [4.69, 9.17) is 20.9 Å². The van der Waals surface area contributed by atoms with Gasteiger partial charge in [-0.3, -0.25) is 0 Å². The number of unbranched alkanes of at least 4 members (excludes halogenated alkanes) is 2. The first-order valence-electron chi connectivity index (χ1n) is 8.69. The molecule has 0 unspecified atom stereocenters. The minimum Gasteiger partial charge on any atom is -0.494 e. The van der Waals surface area contributed by atoms with Crippen LogP contribution in [0.5, 0.6) is 11.5 Å². The summed E-state index contributed by atoms with van der Waals surface area (Å²) in [6.45, 7) is 2.86. The van der Waals surface area contributed by atoms with Gasteiger partial charge in [0, 0.05) is 0 Å². The van der Waals surface area contributed by atoms with Gasteiger partial charge in [-0.25, -0.2) is 0 Å². The van der Waals surface area contributed by atoms with E-state index >= 15 is 0 Å². The Morgan fingerprint density at radius 3 is 1.25 bits per heavy atom. The van der Waals surface area contributed by atoms with Crippen molar-refractivity contribution in [3.05, 3.63) is 48.5 Å². The lowest BCUT2D eigenvalue weighted by atomic mass is 10.1. The second-order valence-corrected chi connectivity index (χ2v) is 5.74. The summed E-state index contributed by atoms with van der Waals surface area (Å²) in [5.41, 5.74) is 13.3. The number of ether oxygens (including phenoxy) is 2. The topological polar surface area (TPSA) is 70.5 Å². The minimum atomic E-state index is 0.715. The van der Waals surface area contributed by atoms with Crippen molar-refractivity contribution in [1.29, 1.82) is 0 Å². The number of hydrogen-bond donors (Lipinski definition) is 2. The predicted octanol–water partition coefficient (Wildman–Crippen LogP) is 3.59. The van der Waals surface area contributed by atoms with E-state index in [9.17, 15) is 0 Å². The van der Waals surface area contributed by atoms with Crippen molar-refractivity contribution in [2.45, 2.75) is 25.7 Å². The van der Waals surface area contributed by atoms with Gasteiger partial charge in [0.05, 0.1) is 13.2 Å². The molecule has 0 saturated carbocycles. The largest absolute Gasteiger partial charge is 0.494 e. The Labute approximate surface area is 144 Å². The van der Waals surface area contributed by atoms with E-state index in [1.165, 1.54) is 11.1 Å². The third-order valence-electron chi connectivity index (χ3n) is 3.78. The zero-order valence-electron chi connectivity index (χ0n) is 14.2. The minimum absolute atomic E-state index is 0.715. The summed E-state index contributed by atoms with van der Waals surface area (Å²) in [5.74, 6) is 1.80. The van der Waals surface area contributed by atoms with Crippen LogP contribution in [0, 0.1) is 0 Å². The molecule has 2 aromatic carbocycles. The van der Waals surface area contributed by atoms with E-state index in [2.05, 4.69) is 24.3 Å². The molecule has 4 heteroatoms. The Kier molecular flexibility index (Phi) is 8.15. The fourth-order valence-corrected chi connectivity index (χ4v) is 2.36. The molecule has 4 nitrogen and oxygen atoms in total. The highest BCUT2D eigenvalue weighted by molar-refractivity contribution is 5.64. The van der Waals surface area contributed by atoms with E-state index < -0.39 is 0 Å². The van der Waals surface area contributed by atoms with Gasteiger partial charge in [-0.05, 0) is 74.2 Å². The monoisotopic (exact) mass is 328 g/mol. The summed E-state index contributed by atoms with van der Waals surface area (Å²) in [6, 6.07) is 16.4. The average molecular weight is 328 g/mol. The molecule has 0 atom stereocenters. The maximum absolute atomic E-state index is 5.70. The molecule has 130 valence electrons. The Bertz CT molecular complexity index is 514. The van der Waals surface area contributed by atoms with Crippen molar-refractivity contribution in [1.82, 2.24) is 0 Å².